The number of benzene rings is 4. The summed E-state index contributed by atoms with van der Waals surface area (Å²) in [4.78, 5) is 30.0. The number of aliphatic imine (C=N–C) groups is 1. The smallest absolute Gasteiger partial charge is 0.343 e. The van der Waals surface area contributed by atoms with E-state index in [1.54, 1.807) is 91.1 Å². The van der Waals surface area contributed by atoms with Gasteiger partial charge in [0.1, 0.15) is 23.0 Å². The Morgan fingerprint density at radius 3 is 1.52 bits per heavy atom. The second-order valence-electron chi connectivity index (χ2n) is 14.8. The fourth-order valence-electron chi connectivity index (χ4n) is 5.65. The summed E-state index contributed by atoms with van der Waals surface area (Å²) >= 11 is 0. The highest BCUT2D eigenvalue weighted by molar-refractivity contribution is 5.92. The van der Waals surface area contributed by atoms with Crippen LogP contribution in [0.1, 0.15) is 113 Å². The van der Waals surface area contributed by atoms with E-state index in [1.165, 1.54) is 24.8 Å². The highest BCUT2D eigenvalue weighted by atomic mass is 16.5. The predicted octanol–water partition coefficient (Wildman–Crippen LogP) is 12.3. The third-order valence-corrected chi connectivity index (χ3v) is 9.13. The van der Waals surface area contributed by atoms with Gasteiger partial charge in [-0.1, -0.05) is 58.6 Å². The van der Waals surface area contributed by atoms with E-state index in [1.807, 2.05) is 12.1 Å². The van der Waals surface area contributed by atoms with E-state index in [4.69, 9.17) is 18.9 Å². The number of nitrogens with zero attached hydrogens (tertiary/aromatic N) is 1. The lowest BCUT2D eigenvalue weighted by atomic mass is 9.98. The lowest BCUT2D eigenvalue weighted by Gasteiger charge is -2.13. The molecular weight excluding hydrogens is 675 g/mol. The molecule has 2 atom stereocenters. The third-order valence-electron chi connectivity index (χ3n) is 9.13. The van der Waals surface area contributed by atoms with Crippen molar-refractivity contribution < 1.29 is 28.5 Å². The number of hydrogen-bond acceptors (Lipinski definition) is 7. The molecule has 0 fully saturated rings. The molecule has 0 N–H and O–H groups in total. The minimum atomic E-state index is -0.440. The maximum atomic E-state index is 12.7. The SMILES string of the molecule is CC(C)=CCCC(C)CCOc1ccc(C(=O)Oc2ccc(C=Nc3ccc(OC(=O)c4ccc(OCCC(C)CCCC(C)C)cc4)cc3)cc2)cc1. The van der Waals surface area contributed by atoms with Crippen LogP contribution in [0.25, 0.3) is 0 Å². The molecular formula is C47H57NO6. The molecule has 0 saturated carbocycles. The highest BCUT2D eigenvalue weighted by Crippen LogP contribution is 2.22. The average molecular weight is 732 g/mol. The fourth-order valence-corrected chi connectivity index (χ4v) is 5.65. The molecule has 0 radical (unpaired) electrons. The quantitative estimate of drug-likeness (QED) is 0.0367. The van der Waals surface area contributed by atoms with Crippen molar-refractivity contribution in [1.29, 1.82) is 0 Å². The molecule has 0 saturated heterocycles. The van der Waals surface area contributed by atoms with Crippen LogP contribution in [-0.4, -0.2) is 31.4 Å². The number of carbonyl (C=O) groups excluding carboxylic acids is 2. The van der Waals surface area contributed by atoms with Crippen LogP contribution in [0.15, 0.2) is 114 Å². The largest absolute Gasteiger partial charge is 0.494 e. The van der Waals surface area contributed by atoms with Crippen molar-refractivity contribution in [1.82, 2.24) is 0 Å². The molecule has 4 aromatic carbocycles. The van der Waals surface area contributed by atoms with E-state index in [0.29, 0.717) is 53.4 Å². The fraction of sp³-hybridized carbons (Fsp3) is 0.383. The van der Waals surface area contributed by atoms with Gasteiger partial charge in [0.05, 0.1) is 30.0 Å². The van der Waals surface area contributed by atoms with Gasteiger partial charge in [0.25, 0.3) is 0 Å². The van der Waals surface area contributed by atoms with Crippen molar-refractivity contribution in [2.24, 2.45) is 22.7 Å². The van der Waals surface area contributed by atoms with Gasteiger partial charge in [-0.25, -0.2) is 9.59 Å². The topological polar surface area (TPSA) is 83.4 Å². The van der Waals surface area contributed by atoms with Crippen LogP contribution in [0, 0.1) is 17.8 Å². The van der Waals surface area contributed by atoms with E-state index in [9.17, 15) is 9.59 Å². The lowest BCUT2D eigenvalue weighted by molar-refractivity contribution is 0.0725. The molecule has 4 aromatic rings. The Morgan fingerprint density at radius 1 is 0.574 bits per heavy atom. The zero-order valence-corrected chi connectivity index (χ0v) is 32.9. The van der Waals surface area contributed by atoms with Crippen molar-refractivity contribution in [2.75, 3.05) is 13.2 Å². The molecule has 2 unspecified atom stereocenters. The zero-order chi connectivity index (χ0) is 38.7. The Morgan fingerprint density at radius 2 is 1.04 bits per heavy atom. The normalized spacial score (nSPS) is 12.3. The van der Waals surface area contributed by atoms with Gasteiger partial charge in [-0.15, -0.1) is 0 Å². The van der Waals surface area contributed by atoms with Gasteiger partial charge in [0.15, 0.2) is 0 Å². The van der Waals surface area contributed by atoms with Gasteiger partial charge >= 0.3 is 11.9 Å². The Balaban J connectivity index is 1.16. The average Bonchev–Trinajstić information content (AvgIpc) is 3.15. The monoisotopic (exact) mass is 731 g/mol. The third kappa shape index (κ3) is 15.4. The van der Waals surface area contributed by atoms with Gasteiger partial charge < -0.3 is 18.9 Å². The van der Waals surface area contributed by atoms with Crippen LogP contribution in [0.4, 0.5) is 5.69 Å². The highest BCUT2D eigenvalue weighted by Gasteiger charge is 2.11. The van der Waals surface area contributed by atoms with Crippen LogP contribution in [0.3, 0.4) is 0 Å². The molecule has 4 rings (SSSR count). The first-order valence-corrected chi connectivity index (χ1v) is 19.3. The maximum absolute atomic E-state index is 12.7. The van der Waals surface area contributed by atoms with E-state index in [2.05, 4.69) is 52.6 Å². The first-order valence-electron chi connectivity index (χ1n) is 19.3. The number of rotatable bonds is 21. The van der Waals surface area contributed by atoms with Crippen LogP contribution >= 0.6 is 0 Å². The summed E-state index contributed by atoms with van der Waals surface area (Å²) in [5.74, 6) is 3.42. The van der Waals surface area contributed by atoms with Crippen LogP contribution in [-0.2, 0) is 0 Å². The van der Waals surface area contributed by atoms with Gasteiger partial charge in [-0.2, -0.15) is 0 Å². The molecule has 0 bridgehead atoms. The van der Waals surface area contributed by atoms with E-state index >= 15 is 0 Å². The van der Waals surface area contributed by atoms with Gasteiger partial charge in [0.2, 0.25) is 0 Å². The van der Waals surface area contributed by atoms with Crippen molar-refractivity contribution >= 4 is 23.8 Å². The summed E-state index contributed by atoms with van der Waals surface area (Å²) in [6.07, 6.45) is 12.0. The first kappa shape index (κ1) is 41.6. The van der Waals surface area contributed by atoms with Gasteiger partial charge in [-0.05, 0) is 160 Å². The number of allylic oxidation sites excluding steroid dienone is 2. The standard InChI is InChI=1S/C47H57NO6/c1-34(2)9-7-11-36(5)29-31-51-42-23-15-39(16-24-42)46(49)53-44-21-13-38(14-22-44)33-48-41-19-27-45(28-20-41)54-47(50)40-17-25-43(26-18-40)52-32-30-37(6)12-8-10-35(3)4/h9,13-28,33,35-37H,7-8,10-12,29-32H2,1-6H3. The lowest BCUT2D eigenvalue weighted by Crippen LogP contribution is -2.09. The molecule has 286 valence electrons. The molecule has 0 heterocycles. The summed E-state index contributed by atoms with van der Waals surface area (Å²) in [6, 6.07) is 28.2. The zero-order valence-electron chi connectivity index (χ0n) is 32.9. The maximum Gasteiger partial charge on any atom is 0.343 e. The number of ether oxygens (including phenoxy) is 4. The van der Waals surface area contributed by atoms with Crippen LogP contribution in [0.2, 0.25) is 0 Å². The van der Waals surface area contributed by atoms with E-state index < -0.39 is 11.9 Å². The second-order valence-corrected chi connectivity index (χ2v) is 14.8. The van der Waals surface area contributed by atoms with Crippen molar-refractivity contribution in [3.8, 4) is 23.0 Å². The summed E-state index contributed by atoms with van der Waals surface area (Å²) in [6.45, 7) is 14.6. The van der Waals surface area contributed by atoms with Crippen LogP contribution < -0.4 is 18.9 Å². The van der Waals surface area contributed by atoms with Gasteiger partial charge in [0, 0.05) is 6.21 Å². The summed E-state index contributed by atoms with van der Waals surface area (Å²) in [7, 11) is 0. The molecule has 0 aliphatic carbocycles. The van der Waals surface area contributed by atoms with E-state index in [-0.39, 0.29) is 0 Å². The Bertz CT molecular complexity index is 1770. The number of esters is 2. The summed E-state index contributed by atoms with van der Waals surface area (Å²) in [5.41, 5.74) is 3.78. The van der Waals surface area contributed by atoms with Crippen LogP contribution in [0.5, 0.6) is 23.0 Å². The Hall–Kier alpha value is -5.17. The predicted molar refractivity (Wildman–Crippen MR) is 219 cm³/mol. The summed E-state index contributed by atoms with van der Waals surface area (Å²) < 4.78 is 22.9. The molecule has 7 heteroatoms. The number of hydrogen-bond donors (Lipinski definition) is 0. The molecule has 7 nitrogen and oxygen atoms in total. The minimum absolute atomic E-state index is 0.426. The Labute approximate surface area is 322 Å². The molecule has 0 aliphatic rings. The molecule has 0 aliphatic heterocycles. The molecule has 0 aromatic heterocycles. The van der Waals surface area contributed by atoms with E-state index in [0.717, 1.165) is 48.7 Å². The number of carbonyl (C=O) groups is 2. The second kappa shape index (κ2) is 22.1. The van der Waals surface area contributed by atoms with Crippen molar-refractivity contribution in [3.63, 3.8) is 0 Å². The molecule has 0 spiro atoms. The summed E-state index contributed by atoms with van der Waals surface area (Å²) in [5, 5.41) is 0. The first-order chi connectivity index (χ1) is 26.0. The minimum Gasteiger partial charge on any atom is -0.494 e. The van der Waals surface area contributed by atoms with Crippen molar-refractivity contribution in [2.45, 2.75) is 86.5 Å². The molecule has 54 heavy (non-hydrogen) atoms. The molecule has 0 amide bonds. The van der Waals surface area contributed by atoms with Crippen molar-refractivity contribution in [3.05, 3.63) is 125 Å². The van der Waals surface area contributed by atoms with Gasteiger partial charge in [-0.3, -0.25) is 4.99 Å². The Kier molecular flexibility index (Phi) is 17.1.